The quantitative estimate of drug-likeness (QED) is 0.774. The molecular formula is C13H11BrO2S3. The van der Waals surface area contributed by atoms with E-state index in [-0.39, 0.29) is 11.0 Å². The van der Waals surface area contributed by atoms with E-state index in [0.717, 1.165) is 10.0 Å². The van der Waals surface area contributed by atoms with Crippen LogP contribution in [0.2, 0.25) is 0 Å². The molecule has 3 rings (SSSR count). The molecule has 2 heterocycles. The molecule has 1 atom stereocenters. The van der Waals surface area contributed by atoms with Crippen LogP contribution in [0.15, 0.2) is 49.3 Å². The summed E-state index contributed by atoms with van der Waals surface area (Å²) >= 11 is 6.50. The summed E-state index contributed by atoms with van der Waals surface area (Å²) in [6.07, 6.45) is 0.687. The molecular weight excluding hydrogens is 364 g/mol. The van der Waals surface area contributed by atoms with Crippen molar-refractivity contribution < 1.29 is 8.42 Å². The smallest absolute Gasteiger partial charge is 0.188 e. The third kappa shape index (κ3) is 2.77. The minimum Gasteiger partial charge on any atom is -0.223 e. The zero-order valence-corrected chi connectivity index (χ0v) is 13.9. The van der Waals surface area contributed by atoms with Gasteiger partial charge in [0.25, 0.3) is 0 Å². The Bertz CT molecular complexity index is 689. The molecule has 0 fully saturated rings. The summed E-state index contributed by atoms with van der Waals surface area (Å²) in [5.41, 5.74) is 0.976. The molecule has 1 unspecified atom stereocenters. The van der Waals surface area contributed by atoms with Gasteiger partial charge in [-0.05, 0) is 47.7 Å². The third-order valence-electron chi connectivity index (χ3n) is 3.03. The van der Waals surface area contributed by atoms with Crippen molar-refractivity contribution in [2.75, 3.05) is 5.75 Å². The Balaban J connectivity index is 1.90. The van der Waals surface area contributed by atoms with Crippen LogP contribution in [0.4, 0.5) is 0 Å². The maximum atomic E-state index is 12.0. The van der Waals surface area contributed by atoms with E-state index in [0.29, 0.717) is 10.6 Å². The Hall–Kier alpha value is -0.300. The van der Waals surface area contributed by atoms with E-state index >= 15 is 0 Å². The molecule has 6 heteroatoms. The van der Waals surface area contributed by atoms with Gasteiger partial charge in [-0.3, -0.25) is 0 Å². The number of thioether (sulfide) groups is 1. The predicted octanol–water partition coefficient (Wildman–Crippen LogP) is 4.52. The van der Waals surface area contributed by atoms with E-state index in [2.05, 4.69) is 28.1 Å². The van der Waals surface area contributed by atoms with Crippen molar-refractivity contribution >= 4 is 48.9 Å². The molecule has 0 bridgehead atoms. The highest BCUT2D eigenvalue weighted by Gasteiger charge is 2.31. The molecule has 100 valence electrons. The molecule has 0 saturated carbocycles. The lowest BCUT2D eigenvalue weighted by molar-refractivity contribution is 0.588. The average Bonchev–Trinajstić information content (AvgIpc) is 2.86. The minimum absolute atomic E-state index is 0.242. The van der Waals surface area contributed by atoms with Gasteiger partial charge in [0, 0.05) is 14.6 Å². The van der Waals surface area contributed by atoms with Crippen LogP contribution in [0.5, 0.6) is 0 Å². The molecule has 1 aromatic heterocycles. The Morgan fingerprint density at radius 3 is 2.68 bits per heavy atom. The van der Waals surface area contributed by atoms with Gasteiger partial charge in [0.2, 0.25) is 0 Å². The van der Waals surface area contributed by atoms with Crippen LogP contribution in [0.1, 0.15) is 17.2 Å². The van der Waals surface area contributed by atoms with E-state index in [9.17, 15) is 8.42 Å². The summed E-state index contributed by atoms with van der Waals surface area (Å²) in [5.74, 6) is 0.259. The van der Waals surface area contributed by atoms with Crippen molar-refractivity contribution in [1.29, 1.82) is 0 Å². The fourth-order valence-corrected chi connectivity index (χ4v) is 6.84. The van der Waals surface area contributed by atoms with E-state index in [1.54, 1.807) is 11.8 Å². The first-order chi connectivity index (χ1) is 9.06. The lowest BCUT2D eigenvalue weighted by Gasteiger charge is -2.22. The Morgan fingerprint density at radius 1 is 1.21 bits per heavy atom. The van der Waals surface area contributed by atoms with E-state index < -0.39 is 9.84 Å². The molecule has 0 saturated heterocycles. The number of benzene rings is 1. The number of halogens is 1. The van der Waals surface area contributed by atoms with E-state index in [4.69, 9.17) is 0 Å². The summed E-state index contributed by atoms with van der Waals surface area (Å²) in [5, 5.41) is 2.12. The summed E-state index contributed by atoms with van der Waals surface area (Å²) in [6.45, 7) is 0. The topological polar surface area (TPSA) is 34.1 Å². The molecule has 1 aliphatic heterocycles. The lowest BCUT2D eigenvalue weighted by atomic mass is 10.2. The molecule has 0 N–H and O–H groups in total. The zero-order valence-electron chi connectivity index (χ0n) is 9.87. The largest absolute Gasteiger partial charge is 0.223 e. The van der Waals surface area contributed by atoms with Crippen molar-refractivity contribution in [3.8, 4) is 0 Å². The molecule has 1 aliphatic rings. The lowest BCUT2D eigenvalue weighted by Crippen LogP contribution is -2.16. The van der Waals surface area contributed by atoms with Gasteiger partial charge in [0.05, 0.1) is 5.75 Å². The first kappa shape index (κ1) is 13.7. The Morgan fingerprint density at radius 2 is 1.95 bits per heavy atom. The van der Waals surface area contributed by atoms with Crippen LogP contribution >= 0.6 is 39.0 Å². The van der Waals surface area contributed by atoms with Gasteiger partial charge in [-0.15, -0.1) is 23.1 Å². The molecule has 0 radical (unpaired) electrons. The first-order valence-electron chi connectivity index (χ1n) is 5.79. The average molecular weight is 375 g/mol. The second kappa shape index (κ2) is 5.24. The van der Waals surface area contributed by atoms with E-state index in [1.165, 1.54) is 16.2 Å². The van der Waals surface area contributed by atoms with Gasteiger partial charge in [-0.25, -0.2) is 8.42 Å². The van der Waals surface area contributed by atoms with Gasteiger partial charge in [0.15, 0.2) is 9.84 Å². The van der Waals surface area contributed by atoms with Crippen molar-refractivity contribution in [1.82, 2.24) is 0 Å². The maximum Gasteiger partial charge on any atom is 0.188 e. The fourth-order valence-electron chi connectivity index (χ4n) is 2.11. The monoisotopic (exact) mass is 374 g/mol. The highest BCUT2D eigenvalue weighted by atomic mass is 79.9. The predicted molar refractivity (Wildman–Crippen MR) is 83.7 cm³/mol. The van der Waals surface area contributed by atoms with Crippen LogP contribution in [-0.2, 0) is 9.84 Å². The van der Waals surface area contributed by atoms with Crippen molar-refractivity contribution in [2.45, 2.75) is 20.8 Å². The zero-order chi connectivity index (χ0) is 13.5. The Kier molecular flexibility index (Phi) is 3.77. The molecule has 2 nitrogen and oxygen atoms in total. The van der Waals surface area contributed by atoms with Crippen molar-refractivity contribution in [2.24, 2.45) is 0 Å². The Labute approximate surface area is 129 Å². The van der Waals surface area contributed by atoms with Gasteiger partial charge in [-0.1, -0.05) is 15.9 Å². The second-order valence-electron chi connectivity index (χ2n) is 4.33. The standard InChI is InChI=1S/C13H11BrO2S3/c14-9-1-3-10(4-2-9)18-12-6-8-19(15,16)13-11(12)5-7-17-13/h1-5,7,12H,6,8H2. The van der Waals surface area contributed by atoms with Crippen molar-refractivity contribution in [3.05, 3.63) is 45.7 Å². The molecule has 0 amide bonds. The summed E-state index contributed by atoms with van der Waals surface area (Å²) in [4.78, 5) is 1.17. The summed E-state index contributed by atoms with van der Waals surface area (Å²) < 4.78 is 25.6. The van der Waals surface area contributed by atoms with Crippen LogP contribution in [0.25, 0.3) is 0 Å². The molecule has 2 aromatic rings. The van der Waals surface area contributed by atoms with Gasteiger partial charge < -0.3 is 0 Å². The summed E-state index contributed by atoms with van der Waals surface area (Å²) in [7, 11) is -3.03. The number of hydrogen-bond donors (Lipinski definition) is 0. The normalized spacial score (nSPS) is 21.0. The van der Waals surface area contributed by atoms with Gasteiger partial charge in [0.1, 0.15) is 4.21 Å². The van der Waals surface area contributed by atoms with Crippen LogP contribution in [0.3, 0.4) is 0 Å². The van der Waals surface area contributed by atoms with Gasteiger partial charge >= 0.3 is 0 Å². The first-order valence-corrected chi connectivity index (χ1v) is 9.99. The molecule has 0 spiro atoms. The number of thiophene rings is 1. The third-order valence-corrected chi connectivity index (χ3v) is 8.22. The minimum atomic E-state index is -3.03. The fraction of sp³-hybridized carbons (Fsp3) is 0.231. The van der Waals surface area contributed by atoms with Crippen molar-refractivity contribution in [3.63, 3.8) is 0 Å². The number of rotatable bonds is 2. The highest BCUT2D eigenvalue weighted by molar-refractivity contribution is 9.10. The van der Waals surface area contributed by atoms with Crippen LogP contribution in [0, 0.1) is 0 Å². The van der Waals surface area contributed by atoms with E-state index in [1.807, 2.05) is 23.6 Å². The number of fused-ring (bicyclic) bond motifs is 1. The number of hydrogen-bond acceptors (Lipinski definition) is 4. The highest BCUT2D eigenvalue weighted by Crippen LogP contribution is 2.46. The SMILES string of the molecule is O=S1(=O)CCC(Sc2ccc(Br)cc2)c2ccsc21. The maximum absolute atomic E-state index is 12.0. The molecule has 19 heavy (non-hydrogen) atoms. The molecule has 0 aliphatic carbocycles. The second-order valence-corrected chi connectivity index (χ2v) is 9.74. The number of sulfone groups is 1. The molecule has 1 aromatic carbocycles. The summed E-state index contributed by atoms with van der Waals surface area (Å²) in [6, 6.07) is 10.1. The van der Waals surface area contributed by atoms with Crippen LogP contribution < -0.4 is 0 Å². The van der Waals surface area contributed by atoms with Gasteiger partial charge in [-0.2, -0.15) is 0 Å². The van der Waals surface area contributed by atoms with Crippen LogP contribution in [-0.4, -0.2) is 14.2 Å².